The van der Waals surface area contributed by atoms with Crippen LogP contribution in [0.5, 0.6) is 0 Å². The van der Waals surface area contributed by atoms with Crippen LogP contribution in [-0.2, 0) is 0 Å². The molecule has 1 aromatic rings. The third-order valence-corrected chi connectivity index (χ3v) is 3.78. The van der Waals surface area contributed by atoms with Gasteiger partial charge in [-0.15, -0.1) is 0 Å². The minimum atomic E-state index is -0.862. The molecule has 0 N–H and O–H groups in total. The first-order chi connectivity index (χ1) is 8.86. The van der Waals surface area contributed by atoms with Crippen LogP contribution in [0.4, 0.5) is 4.39 Å². The van der Waals surface area contributed by atoms with Crippen molar-refractivity contribution in [3.63, 3.8) is 0 Å². The van der Waals surface area contributed by atoms with E-state index in [0.29, 0.717) is 5.56 Å². The van der Waals surface area contributed by atoms with Crippen molar-refractivity contribution in [2.24, 2.45) is 0 Å². The molecular weight excluding hydrogens is 311 g/mol. The Hall–Kier alpha value is -1.41. The molecule has 1 fully saturated rings. The van der Waals surface area contributed by atoms with Crippen LogP contribution >= 0.6 is 15.9 Å². The van der Waals surface area contributed by atoms with E-state index in [9.17, 15) is 14.4 Å². The quantitative estimate of drug-likeness (QED) is 0.854. The van der Waals surface area contributed by atoms with Gasteiger partial charge in [-0.3, -0.25) is 4.79 Å². The SMILES string of the molecule is CC(C)(C#N)N(C(=O)c1ccc(F)c(Br)c1)C1CC1. The van der Waals surface area contributed by atoms with Gasteiger partial charge in [-0.2, -0.15) is 5.26 Å². The summed E-state index contributed by atoms with van der Waals surface area (Å²) >= 11 is 3.07. The molecule has 0 aromatic heterocycles. The first-order valence-corrected chi connectivity index (χ1v) is 6.86. The Labute approximate surface area is 120 Å². The van der Waals surface area contributed by atoms with Gasteiger partial charge in [-0.1, -0.05) is 0 Å². The summed E-state index contributed by atoms with van der Waals surface area (Å²) in [5, 5.41) is 9.22. The summed E-state index contributed by atoms with van der Waals surface area (Å²) in [7, 11) is 0. The average Bonchev–Trinajstić information content (AvgIpc) is 3.17. The van der Waals surface area contributed by atoms with Gasteiger partial charge < -0.3 is 4.90 Å². The normalized spacial score (nSPS) is 14.9. The van der Waals surface area contributed by atoms with Gasteiger partial charge in [0, 0.05) is 11.6 Å². The van der Waals surface area contributed by atoms with Crippen molar-refractivity contribution in [3.8, 4) is 6.07 Å². The van der Waals surface area contributed by atoms with Gasteiger partial charge in [-0.05, 0) is 60.8 Å². The van der Waals surface area contributed by atoms with Gasteiger partial charge in [0.1, 0.15) is 11.4 Å². The molecule has 0 radical (unpaired) electrons. The van der Waals surface area contributed by atoms with Crippen molar-refractivity contribution in [1.82, 2.24) is 4.90 Å². The molecule has 19 heavy (non-hydrogen) atoms. The van der Waals surface area contributed by atoms with Crippen LogP contribution in [-0.4, -0.2) is 22.4 Å². The van der Waals surface area contributed by atoms with E-state index in [0.717, 1.165) is 12.8 Å². The van der Waals surface area contributed by atoms with Gasteiger partial charge in [-0.25, -0.2) is 4.39 Å². The topological polar surface area (TPSA) is 44.1 Å². The van der Waals surface area contributed by atoms with E-state index in [-0.39, 0.29) is 16.4 Å². The van der Waals surface area contributed by atoms with Gasteiger partial charge >= 0.3 is 0 Å². The molecule has 1 aliphatic carbocycles. The van der Waals surface area contributed by atoms with E-state index in [1.165, 1.54) is 18.2 Å². The van der Waals surface area contributed by atoms with Gasteiger partial charge in [0.25, 0.3) is 5.91 Å². The Morgan fingerprint density at radius 3 is 2.63 bits per heavy atom. The fraction of sp³-hybridized carbons (Fsp3) is 0.429. The van der Waals surface area contributed by atoms with Crippen molar-refractivity contribution in [1.29, 1.82) is 5.26 Å². The number of carbonyl (C=O) groups excluding carboxylic acids is 1. The lowest BCUT2D eigenvalue weighted by molar-refractivity contribution is 0.0615. The second-order valence-electron chi connectivity index (χ2n) is 5.21. The van der Waals surface area contributed by atoms with E-state index < -0.39 is 11.4 Å². The lowest BCUT2D eigenvalue weighted by atomic mass is 10.0. The summed E-state index contributed by atoms with van der Waals surface area (Å²) in [6.07, 6.45) is 1.83. The Bertz CT molecular complexity index is 561. The summed E-state index contributed by atoms with van der Waals surface area (Å²) in [4.78, 5) is 14.1. The first-order valence-electron chi connectivity index (χ1n) is 6.07. The first kappa shape index (κ1) is 14.0. The lowest BCUT2D eigenvalue weighted by Crippen LogP contribution is -2.48. The number of benzene rings is 1. The molecule has 2 rings (SSSR count). The Morgan fingerprint density at radius 2 is 2.16 bits per heavy atom. The number of rotatable bonds is 3. The third-order valence-electron chi connectivity index (χ3n) is 3.17. The zero-order valence-electron chi connectivity index (χ0n) is 10.8. The minimum Gasteiger partial charge on any atom is -0.317 e. The smallest absolute Gasteiger partial charge is 0.255 e. The van der Waals surface area contributed by atoms with Crippen LogP contribution in [0, 0.1) is 17.1 Å². The van der Waals surface area contributed by atoms with Crippen molar-refractivity contribution < 1.29 is 9.18 Å². The maximum Gasteiger partial charge on any atom is 0.255 e. The molecule has 1 amide bonds. The third kappa shape index (κ3) is 2.79. The highest BCUT2D eigenvalue weighted by Crippen LogP contribution is 2.34. The largest absolute Gasteiger partial charge is 0.317 e. The number of amides is 1. The highest BCUT2D eigenvalue weighted by molar-refractivity contribution is 9.10. The molecule has 0 atom stereocenters. The minimum absolute atomic E-state index is 0.117. The second kappa shape index (κ2) is 4.93. The lowest BCUT2D eigenvalue weighted by Gasteiger charge is -2.33. The summed E-state index contributed by atoms with van der Waals surface area (Å²) in [6, 6.07) is 6.44. The molecule has 0 unspecified atom stereocenters. The van der Waals surface area contributed by atoms with Gasteiger partial charge in [0.2, 0.25) is 0 Å². The molecule has 0 bridgehead atoms. The Kier molecular flexibility index (Phi) is 3.64. The monoisotopic (exact) mass is 324 g/mol. The molecule has 100 valence electrons. The standard InChI is InChI=1S/C14H14BrFN2O/c1-14(2,8-17)18(10-4-5-10)13(19)9-3-6-12(16)11(15)7-9/h3,6-7,10H,4-5H2,1-2H3. The van der Waals surface area contributed by atoms with Gasteiger partial charge in [0.05, 0.1) is 10.5 Å². The van der Waals surface area contributed by atoms with Crippen molar-refractivity contribution in [2.75, 3.05) is 0 Å². The summed E-state index contributed by atoms with van der Waals surface area (Å²) in [5.74, 6) is -0.635. The van der Waals surface area contributed by atoms with Crippen LogP contribution in [0.3, 0.4) is 0 Å². The van der Waals surface area contributed by atoms with Crippen molar-refractivity contribution >= 4 is 21.8 Å². The Morgan fingerprint density at radius 1 is 1.53 bits per heavy atom. The zero-order valence-corrected chi connectivity index (χ0v) is 12.4. The van der Waals surface area contributed by atoms with Crippen LogP contribution in [0.2, 0.25) is 0 Å². The molecule has 0 heterocycles. The molecule has 5 heteroatoms. The number of nitrogens with zero attached hydrogens (tertiary/aromatic N) is 2. The van der Waals surface area contributed by atoms with Crippen LogP contribution in [0.1, 0.15) is 37.0 Å². The molecule has 0 aliphatic heterocycles. The van der Waals surface area contributed by atoms with E-state index in [2.05, 4.69) is 22.0 Å². The number of hydrogen-bond donors (Lipinski definition) is 0. The second-order valence-corrected chi connectivity index (χ2v) is 6.06. The molecule has 1 saturated carbocycles. The van der Waals surface area contributed by atoms with E-state index in [4.69, 9.17) is 0 Å². The van der Waals surface area contributed by atoms with E-state index in [1.54, 1.807) is 18.7 Å². The summed E-state index contributed by atoms with van der Waals surface area (Å²) in [5.41, 5.74) is -0.470. The fourth-order valence-electron chi connectivity index (χ4n) is 2.03. The van der Waals surface area contributed by atoms with E-state index in [1.807, 2.05) is 0 Å². The molecule has 3 nitrogen and oxygen atoms in total. The maximum absolute atomic E-state index is 13.2. The van der Waals surface area contributed by atoms with E-state index >= 15 is 0 Å². The summed E-state index contributed by atoms with van der Waals surface area (Å²) in [6.45, 7) is 3.45. The van der Waals surface area contributed by atoms with Crippen LogP contribution < -0.4 is 0 Å². The number of nitriles is 1. The maximum atomic E-state index is 13.2. The number of hydrogen-bond acceptors (Lipinski definition) is 2. The predicted molar refractivity (Wildman–Crippen MR) is 73.0 cm³/mol. The fourth-order valence-corrected chi connectivity index (χ4v) is 2.41. The van der Waals surface area contributed by atoms with Crippen LogP contribution in [0.25, 0.3) is 0 Å². The van der Waals surface area contributed by atoms with Crippen molar-refractivity contribution in [3.05, 3.63) is 34.1 Å². The Balaban J connectivity index is 2.35. The molecule has 0 spiro atoms. The molecular formula is C14H14BrFN2O. The number of carbonyl (C=O) groups is 1. The zero-order chi connectivity index (χ0) is 14.2. The average molecular weight is 325 g/mol. The van der Waals surface area contributed by atoms with Gasteiger partial charge in [0.15, 0.2) is 0 Å². The number of halogens is 2. The summed E-state index contributed by atoms with van der Waals surface area (Å²) < 4.78 is 13.5. The van der Waals surface area contributed by atoms with Crippen molar-refractivity contribution in [2.45, 2.75) is 38.3 Å². The molecule has 1 aromatic carbocycles. The van der Waals surface area contributed by atoms with Crippen LogP contribution in [0.15, 0.2) is 22.7 Å². The molecule has 1 aliphatic rings. The predicted octanol–water partition coefficient (Wildman–Crippen LogP) is 3.49. The molecule has 0 saturated heterocycles. The highest BCUT2D eigenvalue weighted by atomic mass is 79.9. The highest BCUT2D eigenvalue weighted by Gasteiger charge is 2.42.